The van der Waals surface area contributed by atoms with Crippen LogP contribution in [0.2, 0.25) is 0 Å². The first-order chi connectivity index (χ1) is 9.12. The van der Waals surface area contributed by atoms with E-state index in [-0.39, 0.29) is 5.09 Å². The van der Waals surface area contributed by atoms with E-state index < -0.39 is 10.0 Å². The molecule has 108 valence electrons. The SMILES string of the molecule is CNCc1ccc(S(=O)(=O)NCCC2CCOC2)o1. The number of furan rings is 1. The van der Waals surface area contributed by atoms with Gasteiger partial charge in [0.2, 0.25) is 5.09 Å². The Morgan fingerprint density at radius 3 is 2.95 bits per heavy atom. The van der Waals surface area contributed by atoms with Crippen molar-refractivity contribution < 1.29 is 17.6 Å². The topological polar surface area (TPSA) is 80.6 Å². The fourth-order valence-corrected chi connectivity index (χ4v) is 3.04. The van der Waals surface area contributed by atoms with Crippen molar-refractivity contribution in [2.75, 3.05) is 26.8 Å². The van der Waals surface area contributed by atoms with Crippen LogP contribution in [0, 0.1) is 5.92 Å². The Balaban J connectivity index is 1.85. The summed E-state index contributed by atoms with van der Waals surface area (Å²) >= 11 is 0. The smallest absolute Gasteiger partial charge is 0.273 e. The Bertz CT molecular complexity index is 492. The van der Waals surface area contributed by atoms with E-state index >= 15 is 0 Å². The summed E-state index contributed by atoms with van der Waals surface area (Å²) in [5.41, 5.74) is 0. The van der Waals surface area contributed by atoms with Gasteiger partial charge >= 0.3 is 0 Å². The average Bonchev–Trinajstić information content (AvgIpc) is 3.00. The molecule has 0 radical (unpaired) electrons. The summed E-state index contributed by atoms with van der Waals surface area (Å²) < 4.78 is 37.0. The highest BCUT2D eigenvalue weighted by Crippen LogP contribution is 2.17. The molecular weight excluding hydrogens is 268 g/mol. The molecule has 2 N–H and O–H groups in total. The Hall–Kier alpha value is -0.890. The lowest BCUT2D eigenvalue weighted by Crippen LogP contribution is -2.26. The molecule has 1 atom stereocenters. The number of ether oxygens (including phenoxy) is 1. The Morgan fingerprint density at radius 1 is 1.42 bits per heavy atom. The molecule has 2 rings (SSSR count). The predicted octanol–water partition coefficient (Wildman–Crippen LogP) is 0.704. The number of hydrogen-bond acceptors (Lipinski definition) is 5. The third-order valence-electron chi connectivity index (χ3n) is 3.12. The van der Waals surface area contributed by atoms with E-state index in [4.69, 9.17) is 9.15 Å². The van der Waals surface area contributed by atoms with Gasteiger partial charge in [-0.3, -0.25) is 0 Å². The summed E-state index contributed by atoms with van der Waals surface area (Å²) in [7, 11) is -1.76. The van der Waals surface area contributed by atoms with Crippen molar-refractivity contribution in [2.45, 2.75) is 24.5 Å². The Kier molecular flexibility index (Phi) is 4.98. The summed E-state index contributed by atoms with van der Waals surface area (Å²) in [6.45, 7) is 2.44. The van der Waals surface area contributed by atoms with Gasteiger partial charge in [-0.05, 0) is 37.9 Å². The minimum atomic E-state index is -3.53. The summed E-state index contributed by atoms with van der Waals surface area (Å²) in [6.07, 6.45) is 1.80. The van der Waals surface area contributed by atoms with Crippen molar-refractivity contribution in [2.24, 2.45) is 5.92 Å². The molecule has 1 saturated heterocycles. The van der Waals surface area contributed by atoms with Crippen LogP contribution in [0.4, 0.5) is 0 Å². The van der Waals surface area contributed by atoms with Crippen molar-refractivity contribution in [3.8, 4) is 0 Å². The molecule has 0 amide bonds. The molecule has 1 unspecified atom stereocenters. The molecular formula is C12H20N2O4S. The molecule has 2 heterocycles. The summed E-state index contributed by atoms with van der Waals surface area (Å²) in [5, 5.41) is 2.88. The van der Waals surface area contributed by atoms with E-state index in [0.29, 0.717) is 24.8 Å². The minimum Gasteiger partial charge on any atom is -0.447 e. The van der Waals surface area contributed by atoms with Crippen molar-refractivity contribution in [3.05, 3.63) is 17.9 Å². The zero-order chi connectivity index (χ0) is 13.7. The number of sulfonamides is 1. The van der Waals surface area contributed by atoms with E-state index in [1.165, 1.54) is 6.07 Å². The largest absolute Gasteiger partial charge is 0.447 e. The summed E-state index contributed by atoms with van der Waals surface area (Å²) in [4.78, 5) is 0. The first-order valence-electron chi connectivity index (χ1n) is 6.42. The quantitative estimate of drug-likeness (QED) is 0.772. The van der Waals surface area contributed by atoms with Gasteiger partial charge in [-0.25, -0.2) is 13.1 Å². The lowest BCUT2D eigenvalue weighted by Gasteiger charge is -2.08. The second-order valence-electron chi connectivity index (χ2n) is 4.67. The fraction of sp³-hybridized carbons (Fsp3) is 0.667. The third kappa shape index (κ3) is 4.04. The number of hydrogen-bond donors (Lipinski definition) is 2. The maximum atomic E-state index is 12.0. The minimum absolute atomic E-state index is 0.0274. The van der Waals surface area contributed by atoms with Crippen LogP contribution in [0.5, 0.6) is 0 Å². The van der Waals surface area contributed by atoms with Crippen LogP contribution in [0.3, 0.4) is 0 Å². The molecule has 6 nitrogen and oxygen atoms in total. The van der Waals surface area contributed by atoms with Gasteiger partial charge in [-0.2, -0.15) is 0 Å². The standard InChI is InChI=1S/C12H20N2O4S/c1-13-8-11-2-3-12(18-11)19(15,16)14-6-4-10-5-7-17-9-10/h2-3,10,13-14H,4-9H2,1H3. The monoisotopic (exact) mass is 288 g/mol. The van der Waals surface area contributed by atoms with Crippen LogP contribution < -0.4 is 10.0 Å². The molecule has 19 heavy (non-hydrogen) atoms. The molecule has 1 aliphatic heterocycles. The van der Waals surface area contributed by atoms with Crippen LogP contribution in [0.25, 0.3) is 0 Å². The predicted molar refractivity (Wildman–Crippen MR) is 70.2 cm³/mol. The lowest BCUT2D eigenvalue weighted by molar-refractivity contribution is 0.184. The highest BCUT2D eigenvalue weighted by atomic mass is 32.2. The fourth-order valence-electron chi connectivity index (χ4n) is 2.05. The van der Waals surface area contributed by atoms with Gasteiger partial charge in [0.05, 0.1) is 6.54 Å². The second-order valence-corrected chi connectivity index (χ2v) is 6.37. The van der Waals surface area contributed by atoms with Gasteiger partial charge in [0.25, 0.3) is 10.0 Å². The van der Waals surface area contributed by atoms with Crippen molar-refractivity contribution in [1.29, 1.82) is 0 Å². The van der Waals surface area contributed by atoms with Crippen LogP contribution in [-0.2, 0) is 21.3 Å². The Morgan fingerprint density at radius 2 is 2.26 bits per heavy atom. The van der Waals surface area contributed by atoms with Gasteiger partial charge in [-0.1, -0.05) is 0 Å². The maximum Gasteiger partial charge on any atom is 0.273 e. The van der Waals surface area contributed by atoms with Crippen molar-refractivity contribution in [1.82, 2.24) is 10.0 Å². The first-order valence-corrected chi connectivity index (χ1v) is 7.91. The average molecular weight is 288 g/mol. The molecule has 1 aliphatic rings. The molecule has 1 aromatic heterocycles. The van der Waals surface area contributed by atoms with E-state index in [2.05, 4.69) is 10.0 Å². The van der Waals surface area contributed by atoms with Gasteiger partial charge in [-0.15, -0.1) is 0 Å². The molecule has 0 saturated carbocycles. The number of nitrogens with one attached hydrogen (secondary N) is 2. The van der Waals surface area contributed by atoms with E-state index in [1.807, 2.05) is 0 Å². The highest BCUT2D eigenvalue weighted by molar-refractivity contribution is 7.89. The van der Waals surface area contributed by atoms with E-state index in [0.717, 1.165) is 26.1 Å². The second kappa shape index (κ2) is 6.51. The first kappa shape index (κ1) is 14.5. The van der Waals surface area contributed by atoms with Gasteiger partial charge in [0.15, 0.2) is 0 Å². The van der Waals surface area contributed by atoms with Crippen LogP contribution in [0.15, 0.2) is 21.6 Å². The highest BCUT2D eigenvalue weighted by Gasteiger charge is 2.20. The zero-order valence-corrected chi connectivity index (χ0v) is 11.8. The van der Waals surface area contributed by atoms with Crippen LogP contribution >= 0.6 is 0 Å². The third-order valence-corrected chi connectivity index (χ3v) is 4.45. The van der Waals surface area contributed by atoms with Crippen LogP contribution in [0.1, 0.15) is 18.6 Å². The van der Waals surface area contributed by atoms with Gasteiger partial charge in [0, 0.05) is 19.8 Å². The molecule has 1 aromatic rings. The molecule has 0 aliphatic carbocycles. The maximum absolute atomic E-state index is 12.0. The summed E-state index contributed by atoms with van der Waals surface area (Å²) in [5.74, 6) is 1.06. The van der Waals surface area contributed by atoms with Gasteiger partial charge in [0.1, 0.15) is 5.76 Å². The van der Waals surface area contributed by atoms with Crippen molar-refractivity contribution >= 4 is 10.0 Å². The normalized spacial score (nSPS) is 19.9. The molecule has 7 heteroatoms. The van der Waals surface area contributed by atoms with Gasteiger partial charge < -0.3 is 14.5 Å². The van der Waals surface area contributed by atoms with E-state index in [9.17, 15) is 8.42 Å². The lowest BCUT2D eigenvalue weighted by atomic mass is 10.1. The Labute approximate surface area is 113 Å². The molecule has 0 bridgehead atoms. The van der Waals surface area contributed by atoms with Crippen LogP contribution in [-0.4, -0.2) is 35.2 Å². The van der Waals surface area contributed by atoms with E-state index in [1.54, 1.807) is 13.1 Å². The molecule has 0 aromatic carbocycles. The summed E-state index contributed by atoms with van der Waals surface area (Å²) in [6, 6.07) is 3.14. The number of rotatable bonds is 7. The molecule has 0 spiro atoms. The molecule has 1 fully saturated rings. The van der Waals surface area contributed by atoms with Crippen molar-refractivity contribution in [3.63, 3.8) is 0 Å². The zero-order valence-electron chi connectivity index (χ0n) is 11.0.